The average molecular weight is 641 g/mol. The molecule has 10 heteroatoms. The zero-order valence-corrected chi connectivity index (χ0v) is 25.5. The van der Waals surface area contributed by atoms with E-state index in [2.05, 4.69) is 4.98 Å². The highest BCUT2D eigenvalue weighted by Gasteiger charge is 2.35. The second-order valence-electron chi connectivity index (χ2n) is 10.6. The van der Waals surface area contributed by atoms with Crippen LogP contribution in [0.2, 0.25) is 0 Å². The Morgan fingerprint density at radius 1 is 0.848 bits per heavy atom. The molecule has 0 saturated carbocycles. The van der Waals surface area contributed by atoms with E-state index in [1.807, 2.05) is 36.4 Å². The van der Waals surface area contributed by atoms with Crippen LogP contribution in [0.15, 0.2) is 102 Å². The van der Waals surface area contributed by atoms with Gasteiger partial charge in [0.15, 0.2) is 0 Å². The van der Waals surface area contributed by atoms with Crippen molar-refractivity contribution in [3.63, 3.8) is 0 Å². The average Bonchev–Trinajstić information content (AvgIpc) is 3.30. The smallest absolute Gasteiger partial charge is 0.418 e. The number of hydrogen-bond acceptors (Lipinski definition) is 6. The van der Waals surface area contributed by atoms with Gasteiger partial charge in [-0.25, -0.2) is 4.79 Å². The molecule has 2 amide bonds. The molecule has 0 aliphatic carbocycles. The van der Waals surface area contributed by atoms with Gasteiger partial charge in [0.05, 0.1) is 34.4 Å². The Balaban J connectivity index is 1.25. The van der Waals surface area contributed by atoms with Crippen LogP contribution in [-0.2, 0) is 10.9 Å². The number of hydrogen-bond donors (Lipinski definition) is 0. The van der Waals surface area contributed by atoms with Crippen LogP contribution in [0.4, 0.5) is 13.2 Å². The van der Waals surface area contributed by atoms with Gasteiger partial charge in [0, 0.05) is 28.6 Å². The molecule has 6 rings (SSSR count). The summed E-state index contributed by atoms with van der Waals surface area (Å²) in [6, 6.07) is 25.7. The van der Waals surface area contributed by atoms with Crippen LogP contribution in [0.1, 0.15) is 50.0 Å². The molecule has 0 fully saturated rings. The summed E-state index contributed by atoms with van der Waals surface area (Å²) in [5, 5.41) is 0.194. The number of carbonyl (C=O) groups is 3. The highest BCUT2D eigenvalue weighted by Crippen LogP contribution is 2.40. The van der Waals surface area contributed by atoms with Gasteiger partial charge in [-0.05, 0) is 72.2 Å². The lowest BCUT2D eigenvalue weighted by Crippen LogP contribution is -2.30. The second-order valence-corrected chi connectivity index (χ2v) is 11.8. The van der Waals surface area contributed by atoms with Crippen molar-refractivity contribution < 1.29 is 32.3 Å². The van der Waals surface area contributed by atoms with Gasteiger partial charge in [0.2, 0.25) is 0 Å². The monoisotopic (exact) mass is 640 g/mol. The van der Waals surface area contributed by atoms with Crippen LogP contribution in [0, 0.1) is 0 Å². The molecule has 0 N–H and O–H groups in total. The first kappa shape index (κ1) is 31.0. The number of aromatic nitrogens is 1. The lowest BCUT2D eigenvalue weighted by Gasteiger charge is -2.16. The van der Waals surface area contributed by atoms with Gasteiger partial charge in [-0.3, -0.25) is 19.5 Å². The Morgan fingerprint density at radius 2 is 1.50 bits per heavy atom. The zero-order valence-electron chi connectivity index (χ0n) is 24.6. The first-order valence-electron chi connectivity index (χ1n) is 14.6. The van der Waals surface area contributed by atoms with E-state index >= 15 is 0 Å². The molecule has 0 atom stereocenters. The maximum atomic E-state index is 13.9. The minimum Gasteiger partial charge on any atom is -0.462 e. The van der Waals surface area contributed by atoms with Gasteiger partial charge >= 0.3 is 12.1 Å². The summed E-state index contributed by atoms with van der Waals surface area (Å²) in [4.78, 5) is 44.5. The molecule has 1 aromatic heterocycles. The molecule has 232 valence electrons. The Hall–Kier alpha value is -4.96. The maximum Gasteiger partial charge on any atom is 0.418 e. The summed E-state index contributed by atoms with van der Waals surface area (Å²) >= 11 is 1.59. The van der Waals surface area contributed by atoms with Gasteiger partial charge in [-0.2, -0.15) is 13.2 Å². The number of fused-ring (bicyclic) bond motifs is 2. The number of pyridine rings is 1. The molecule has 5 aromatic rings. The molecule has 0 saturated heterocycles. The van der Waals surface area contributed by atoms with Crippen molar-refractivity contribution in [1.29, 1.82) is 0 Å². The number of halogens is 3. The van der Waals surface area contributed by atoms with E-state index in [1.165, 1.54) is 17.0 Å². The standard InChI is InChI=1S/C36H27F3N2O4S/c1-2-45-35(44)29-21-40-32-28(15-7-16-30(32)36(37,38)39)31(29)24-11-5-9-22(19-24)23-10-6-12-25(20-23)46-18-8-17-41-33(42)26-13-3-4-14-27(26)34(41)43/h3-7,9-16,19-21H,2,8,17-18H2,1H3. The summed E-state index contributed by atoms with van der Waals surface area (Å²) in [6.07, 6.45) is -2.86. The molecule has 46 heavy (non-hydrogen) atoms. The highest BCUT2D eigenvalue weighted by atomic mass is 32.2. The number of para-hydroxylation sites is 1. The maximum absolute atomic E-state index is 13.9. The summed E-state index contributed by atoms with van der Waals surface area (Å²) in [5.74, 6) is -0.538. The molecular formula is C36H27F3N2O4S. The molecule has 1 aliphatic rings. The van der Waals surface area contributed by atoms with Gasteiger partial charge in [-0.1, -0.05) is 54.6 Å². The lowest BCUT2D eigenvalue weighted by atomic mass is 9.92. The normalized spacial score (nSPS) is 12.9. The van der Waals surface area contributed by atoms with E-state index in [0.29, 0.717) is 41.0 Å². The molecule has 1 aliphatic heterocycles. The van der Waals surface area contributed by atoms with E-state index in [9.17, 15) is 27.6 Å². The zero-order chi connectivity index (χ0) is 32.4. The first-order chi connectivity index (χ1) is 22.2. The number of benzene rings is 4. The Morgan fingerprint density at radius 3 is 2.20 bits per heavy atom. The highest BCUT2D eigenvalue weighted by molar-refractivity contribution is 7.99. The second kappa shape index (κ2) is 12.8. The lowest BCUT2D eigenvalue weighted by molar-refractivity contribution is -0.136. The molecule has 0 spiro atoms. The summed E-state index contributed by atoms with van der Waals surface area (Å²) < 4.78 is 46.8. The van der Waals surface area contributed by atoms with Crippen molar-refractivity contribution in [1.82, 2.24) is 9.88 Å². The molecule has 2 heterocycles. The predicted molar refractivity (Wildman–Crippen MR) is 171 cm³/mol. The number of ether oxygens (including phenoxy) is 1. The summed E-state index contributed by atoms with van der Waals surface area (Å²) in [7, 11) is 0. The van der Waals surface area contributed by atoms with E-state index in [0.717, 1.165) is 28.3 Å². The van der Waals surface area contributed by atoms with Crippen molar-refractivity contribution in [3.05, 3.63) is 119 Å². The molecular weight excluding hydrogens is 613 g/mol. The Labute approximate surface area is 267 Å². The fraction of sp³-hybridized carbons (Fsp3) is 0.167. The molecule has 0 radical (unpaired) electrons. The number of esters is 1. The summed E-state index contributed by atoms with van der Waals surface area (Å²) in [5.41, 5.74) is 2.36. The minimum atomic E-state index is -4.63. The van der Waals surface area contributed by atoms with Crippen molar-refractivity contribution in [2.75, 3.05) is 18.9 Å². The van der Waals surface area contributed by atoms with Crippen LogP contribution in [0.25, 0.3) is 33.2 Å². The van der Waals surface area contributed by atoms with Gasteiger partial charge in [0.25, 0.3) is 11.8 Å². The number of amides is 2. The van der Waals surface area contributed by atoms with E-state index < -0.39 is 17.7 Å². The fourth-order valence-corrected chi connectivity index (χ4v) is 6.50. The predicted octanol–water partition coefficient (Wildman–Crippen LogP) is 8.54. The van der Waals surface area contributed by atoms with Crippen LogP contribution in [-0.4, -0.2) is 46.6 Å². The Kier molecular flexibility index (Phi) is 8.64. The van der Waals surface area contributed by atoms with Crippen molar-refractivity contribution >= 4 is 40.4 Å². The van der Waals surface area contributed by atoms with Crippen molar-refractivity contribution in [2.24, 2.45) is 0 Å². The largest absolute Gasteiger partial charge is 0.462 e. The van der Waals surface area contributed by atoms with Crippen molar-refractivity contribution in [3.8, 4) is 22.3 Å². The number of rotatable bonds is 9. The molecule has 0 unspecified atom stereocenters. The molecule has 4 aromatic carbocycles. The third-order valence-electron chi connectivity index (χ3n) is 7.69. The van der Waals surface area contributed by atoms with E-state index in [1.54, 1.807) is 55.1 Å². The molecule has 0 bridgehead atoms. The van der Waals surface area contributed by atoms with Crippen molar-refractivity contribution in [2.45, 2.75) is 24.4 Å². The number of thioether (sulfide) groups is 1. The Bertz CT molecular complexity index is 1960. The van der Waals surface area contributed by atoms with Crippen LogP contribution >= 0.6 is 11.8 Å². The van der Waals surface area contributed by atoms with Crippen LogP contribution in [0.3, 0.4) is 0 Å². The summed E-state index contributed by atoms with van der Waals surface area (Å²) in [6.45, 7) is 2.07. The van der Waals surface area contributed by atoms with Gasteiger partial charge in [0.1, 0.15) is 0 Å². The topological polar surface area (TPSA) is 76.6 Å². The van der Waals surface area contributed by atoms with Gasteiger partial charge in [-0.15, -0.1) is 11.8 Å². The number of alkyl halides is 3. The van der Waals surface area contributed by atoms with Crippen LogP contribution < -0.4 is 0 Å². The quantitative estimate of drug-likeness (QED) is 0.0696. The number of imide groups is 1. The number of nitrogens with zero attached hydrogens (tertiary/aromatic N) is 2. The molecule has 6 nitrogen and oxygen atoms in total. The third kappa shape index (κ3) is 6.00. The van der Waals surface area contributed by atoms with Crippen LogP contribution in [0.5, 0.6) is 0 Å². The third-order valence-corrected chi connectivity index (χ3v) is 8.77. The van der Waals surface area contributed by atoms with Gasteiger partial charge < -0.3 is 4.74 Å². The fourth-order valence-electron chi connectivity index (χ4n) is 5.60. The van der Waals surface area contributed by atoms with E-state index in [-0.39, 0.29) is 34.9 Å². The number of carbonyl (C=O) groups excluding carboxylic acids is 3. The minimum absolute atomic E-state index is 0.0770. The first-order valence-corrected chi connectivity index (χ1v) is 15.6. The van der Waals surface area contributed by atoms with E-state index in [4.69, 9.17) is 4.74 Å². The SMILES string of the molecule is CCOC(=O)c1cnc2c(C(F)(F)F)cccc2c1-c1cccc(-c2cccc(SCCCN3C(=O)c4ccccc4C3=O)c2)c1.